The van der Waals surface area contributed by atoms with Crippen molar-refractivity contribution in [2.75, 3.05) is 18.8 Å². The van der Waals surface area contributed by atoms with E-state index in [0.717, 1.165) is 5.56 Å². The van der Waals surface area contributed by atoms with Gasteiger partial charge < -0.3 is 4.90 Å². The number of amides is 1. The van der Waals surface area contributed by atoms with Gasteiger partial charge in [0.25, 0.3) is 5.91 Å². The van der Waals surface area contributed by atoms with Gasteiger partial charge in [-0.25, -0.2) is 12.8 Å². The normalized spacial score (nSPS) is 16.0. The summed E-state index contributed by atoms with van der Waals surface area (Å²) in [5, 5.41) is 3.99. The van der Waals surface area contributed by atoms with Gasteiger partial charge in [-0.3, -0.25) is 9.48 Å². The van der Waals surface area contributed by atoms with E-state index in [1.165, 1.54) is 16.8 Å². The van der Waals surface area contributed by atoms with Gasteiger partial charge in [-0.2, -0.15) is 5.10 Å². The minimum absolute atomic E-state index is 0.101. The van der Waals surface area contributed by atoms with Crippen molar-refractivity contribution >= 4 is 15.7 Å². The average Bonchev–Trinajstić information content (AvgIpc) is 3.02. The molecule has 28 heavy (non-hydrogen) atoms. The summed E-state index contributed by atoms with van der Waals surface area (Å²) in [6, 6.07) is 7.65. The molecule has 1 fully saturated rings. The zero-order valence-electron chi connectivity index (χ0n) is 16.4. The zero-order chi connectivity index (χ0) is 20.5. The van der Waals surface area contributed by atoms with Crippen molar-refractivity contribution < 1.29 is 17.6 Å². The minimum Gasteiger partial charge on any atom is -0.337 e. The molecule has 0 N–H and O–H groups in total. The number of hydrogen-bond acceptors (Lipinski definition) is 4. The average molecular weight is 408 g/mol. The van der Waals surface area contributed by atoms with Crippen LogP contribution in [-0.2, 0) is 16.9 Å². The summed E-state index contributed by atoms with van der Waals surface area (Å²) < 4.78 is 39.5. The van der Waals surface area contributed by atoms with Crippen LogP contribution in [0.2, 0.25) is 0 Å². The summed E-state index contributed by atoms with van der Waals surface area (Å²) in [7, 11) is -1.43. The number of carbonyl (C=O) groups excluding carboxylic acids is 1. The van der Waals surface area contributed by atoms with E-state index in [4.69, 9.17) is 0 Å². The summed E-state index contributed by atoms with van der Waals surface area (Å²) in [4.78, 5) is 14.6. The van der Waals surface area contributed by atoms with E-state index in [2.05, 4.69) is 5.10 Å². The third-order valence-corrected chi connectivity index (χ3v) is 7.66. The lowest BCUT2D eigenvalue weighted by Crippen LogP contribution is -2.43. The fourth-order valence-corrected chi connectivity index (χ4v) is 5.74. The van der Waals surface area contributed by atoms with Gasteiger partial charge in [-0.1, -0.05) is 13.8 Å². The lowest BCUT2D eigenvalue weighted by atomic mass is 10.1. The molecule has 1 aromatic carbocycles. The summed E-state index contributed by atoms with van der Waals surface area (Å²) >= 11 is 0. The predicted octanol–water partition coefficient (Wildman–Crippen LogP) is 2.90. The number of nitrogens with zero attached hydrogens (tertiary/aromatic N) is 3. The molecule has 2 heterocycles. The minimum atomic E-state index is -3.13. The van der Waals surface area contributed by atoms with E-state index in [-0.39, 0.29) is 28.6 Å². The second-order valence-electron chi connectivity index (χ2n) is 7.76. The van der Waals surface area contributed by atoms with Crippen LogP contribution in [0.25, 0.3) is 11.3 Å². The van der Waals surface area contributed by atoms with Gasteiger partial charge in [0.1, 0.15) is 11.5 Å². The third-order valence-electron chi connectivity index (χ3n) is 5.04. The van der Waals surface area contributed by atoms with E-state index in [1.54, 1.807) is 30.1 Å². The molecule has 152 valence electrons. The Morgan fingerprint density at radius 3 is 2.39 bits per heavy atom. The molecular weight excluding hydrogens is 381 g/mol. The number of sulfone groups is 1. The Morgan fingerprint density at radius 1 is 1.21 bits per heavy atom. The Balaban J connectivity index is 1.70. The molecule has 6 nitrogen and oxygen atoms in total. The standard InChI is InChI=1S/C20H26FN3O3S/c1-14(2)13-28(26,27)17-8-10-24(11-9-17)20(25)19-12-18(22-23(19)3)15-4-6-16(21)7-5-15/h4-7,12,14,17H,8-11,13H2,1-3H3. The second-order valence-corrected chi connectivity index (χ2v) is 10.1. The molecule has 2 aromatic rings. The zero-order valence-corrected chi connectivity index (χ0v) is 17.2. The molecule has 1 aromatic heterocycles. The number of carbonyl (C=O) groups is 1. The van der Waals surface area contributed by atoms with Gasteiger partial charge in [0.15, 0.2) is 9.84 Å². The van der Waals surface area contributed by atoms with E-state index in [1.807, 2.05) is 13.8 Å². The summed E-state index contributed by atoms with van der Waals surface area (Å²) in [5.74, 6) is -0.202. The molecule has 1 aliphatic heterocycles. The maximum atomic E-state index is 13.1. The predicted molar refractivity (Wildman–Crippen MR) is 106 cm³/mol. The molecule has 1 saturated heterocycles. The highest BCUT2D eigenvalue weighted by molar-refractivity contribution is 7.92. The topological polar surface area (TPSA) is 72.3 Å². The van der Waals surface area contributed by atoms with Crippen LogP contribution in [0, 0.1) is 11.7 Å². The fourth-order valence-electron chi connectivity index (χ4n) is 3.61. The number of likely N-dealkylation sites (tertiary alicyclic amines) is 1. The number of hydrogen-bond donors (Lipinski definition) is 0. The van der Waals surface area contributed by atoms with Crippen LogP contribution in [0.15, 0.2) is 30.3 Å². The first-order valence-corrected chi connectivity index (χ1v) is 11.2. The lowest BCUT2D eigenvalue weighted by Gasteiger charge is -2.32. The van der Waals surface area contributed by atoms with Crippen molar-refractivity contribution in [2.45, 2.75) is 31.9 Å². The van der Waals surface area contributed by atoms with Crippen LogP contribution in [0.5, 0.6) is 0 Å². The molecule has 0 atom stereocenters. The molecule has 0 saturated carbocycles. The van der Waals surface area contributed by atoms with Crippen LogP contribution in [0.4, 0.5) is 4.39 Å². The molecule has 3 rings (SSSR count). The number of piperidine rings is 1. The number of aromatic nitrogens is 2. The molecule has 1 amide bonds. The highest BCUT2D eigenvalue weighted by Gasteiger charge is 2.32. The monoisotopic (exact) mass is 407 g/mol. The van der Waals surface area contributed by atoms with Crippen LogP contribution < -0.4 is 0 Å². The van der Waals surface area contributed by atoms with Gasteiger partial charge >= 0.3 is 0 Å². The van der Waals surface area contributed by atoms with Crippen molar-refractivity contribution in [1.29, 1.82) is 0 Å². The molecule has 0 bridgehead atoms. The number of aryl methyl sites for hydroxylation is 1. The first-order chi connectivity index (χ1) is 13.2. The van der Waals surface area contributed by atoms with Crippen LogP contribution in [0.3, 0.4) is 0 Å². The molecule has 0 unspecified atom stereocenters. The van der Waals surface area contributed by atoms with Gasteiger partial charge in [0.2, 0.25) is 0 Å². The Morgan fingerprint density at radius 2 is 1.82 bits per heavy atom. The number of rotatable bonds is 5. The van der Waals surface area contributed by atoms with E-state index in [0.29, 0.717) is 37.3 Å². The quantitative estimate of drug-likeness (QED) is 0.764. The fraction of sp³-hybridized carbons (Fsp3) is 0.500. The highest BCUT2D eigenvalue weighted by atomic mass is 32.2. The van der Waals surface area contributed by atoms with E-state index in [9.17, 15) is 17.6 Å². The van der Waals surface area contributed by atoms with Crippen LogP contribution >= 0.6 is 0 Å². The van der Waals surface area contributed by atoms with Crippen LogP contribution in [-0.4, -0.2) is 53.1 Å². The first-order valence-electron chi connectivity index (χ1n) is 9.48. The number of benzene rings is 1. The molecule has 0 radical (unpaired) electrons. The van der Waals surface area contributed by atoms with E-state index >= 15 is 0 Å². The molecular formula is C20H26FN3O3S. The Bertz CT molecular complexity index is 944. The Hall–Kier alpha value is -2.22. The third kappa shape index (κ3) is 4.43. The van der Waals surface area contributed by atoms with Crippen LogP contribution in [0.1, 0.15) is 37.2 Å². The summed E-state index contributed by atoms with van der Waals surface area (Å²) in [6.07, 6.45) is 0.924. The van der Waals surface area contributed by atoms with Crippen molar-refractivity contribution in [2.24, 2.45) is 13.0 Å². The van der Waals surface area contributed by atoms with Crippen molar-refractivity contribution in [3.05, 3.63) is 41.8 Å². The number of halogens is 1. The summed E-state index contributed by atoms with van der Waals surface area (Å²) in [6.45, 7) is 4.63. The van der Waals surface area contributed by atoms with Gasteiger partial charge in [0, 0.05) is 25.7 Å². The largest absolute Gasteiger partial charge is 0.337 e. The lowest BCUT2D eigenvalue weighted by molar-refractivity contribution is 0.0714. The molecule has 0 aliphatic carbocycles. The smallest absolute Gasteiger partial charge is 0.272 e. The Kier molecular flexibility index (Phi) is 5.88. The van der Waals surface area contributed by atoms with E-state index < -0.39 is 9.84 Å². The highest BCUT2D eigenvalue weighted by Crippen LogP contribution is 2.24. The van der Waals surface area contributed by atoms with Gasteiger partial charge in [-0.15, -0.1) is 0 Å². The maximum Gasteiger partial charge on any atom is 0.272 e. The van der Waals surface area contributed by atoms with Crippen molar-refractivity contribution in [3.8, 4) is 11.3 Å². The SMILES string of the molecule is CC(C)CS(=O)(=O)C1CCN(C(=O)c2cc(-c3ccc(F)cc3)nn2C)CC1. The Labute approximate surface area is 165 Å². The molecule has 8 heteroatoms. The second kappa shape index (κ2) is 8.03. The first kappa shape index (κ1) is 20.5. The maximum absolute atomic E-state index is 13.1. The molecule has 1 aliphatic rings. The van der Waals surface area contributed by atoms with Gasteiger partial charge in [-0.05, 0) is 49.1 Å². The molecule has 0 spiro atoms. The summed E-state index contributed by atoms with van der Waals surface area (Å²) in [5.41, 5.74) is 1.76. The van der Waals surface area contributed by atoms with Crippen molar-refractivity contribution in [3.63, 3.8) is 0 Å². The van der Waals surface area contributed by atoms with Gasteiger partial charge in [0.05, 0.1) is 16.7 Å². The van der Waals surface area contributed by atoms with Crippen molar-refractivity contribution in [1.82, 2.24) is 14.7 Å².